The van der Waals surface area contributed by atoms with Crippen LogP contribution in [0, 0.1) is 0 Å². The van der Waals surface area contributed by atoms with E-state index in [1.807, 2.05) is 30.3 Å². The molecule has 0 heterocycles. The molecule has 0 radical (unpaired) electrons. The summed E-state index contributed by atoms with van der Waals surface area (Å²) in [5, 5.41) is 5.23. The van der Waals surface area contributed by atoms with E-state index >= 15 is 0 Å². The lowest BCUT2D eigenvalue weighted by Gasteiger charge is -2.14. The fourth-order valence-electron chi connectivity index (χ4n) is 2.70. The topological polar surface area (TPSA) is 93.7 Å². The molecule has 166 valence electrons. The van der Waals surface area contributed by atoms with Crippen molar-refractivity contribution in [3.63, 3.8) is 0 Å². The quantitative estimate of drug-likeness (QED) is 0.402. The van der Waals surface area contributed by atoms with Crippen LogP contribution in [-0.2, 0) is 20.7 Å². The van der Waals surface area contributed by atoms with Gasteiger partial charge < -0.3 is 20.1 Å². The molecule has 0 spiro atoms. The molecule has 2 rings (SSSR count). The van der Waals surface area contributed by atoms with Crippen molar-refractivity contribution >= 4 is 17.8 Å². The highest BCUT2D eigenvalue weighted by Gasteiger charge is 2.18. The number of amides is 2. The molecule has 7 nitrogen and oxygen atoms in total. The molecule has 2 aromatic carbocycles. The first-order chi connectivity index (χ1) is 15.0. The van der Waals surface area contributed by atoms with Gasteiger partial charge >= 0.3 is 5.97 Å². The van der Waals surface area contributed by atoms with Crippen molar-refractivity contribution in [1.29, 1.82) is 0 Å². The fourth-order valence-corrected chi connectivity index (χ4v) is 2.70. The minimum absolute atomic E-state index is 0.324. The van der Waals surface area contributed by atoms with Crippen molar-refractivity contribution in [2.45, 2.75) is 39.2 Å². The summed E-state index contributed by atoms with van der Waals surface area (Å²) >= 11 is 0. The summed E-state index contributed by atoms with van der Waals surface area (Å²) in [6.45, 7) is 4.33. The van der Waals surface area contributed by atoms with E-state index in [2.05, 4.69) is 17.6 Å². The van der Waals surface area contributed by atoms with Crippen LogP contribution in [0.1, 0.15) is 42.6 Å². The van der Waals surface area contributed by atoms with Crippen molar-refractivity contribution < 1.29 is 23.9 Å². The van der Waals surface area contributed by atoms with Gasteiger partial charge in [-0.15, -0.1) is 0 Å². The van der Waals surface area contributed by atoms with Crippen molar-refractivity contribution in [2.24, 2.45) is 0 Å². The van der Waals surface area contributed by atoms with Gasteiger partial charge in [-0.3, -0.25) is 14.4 Å². The summed E-state index contributed by atoms with van der Waals surface area (Å²) in [6, 6.07) is 16.4. The molecule has 0 aliphatic rings. The number of unbranched alkanes of at least 4 members (excludes halogenated alkanes) is 1. The van der Waals surface area contributed by atoms with E-state index < -0.39 is 18.0 Å². The number of carbonyl (C=O) groups excluding carboxylic acids is 3. The van der Waals surface area contributed by atoms with Crippen LogP contribution in [0.4, 0.5) is 0 Å². The highest BCUT2D eigenvalue weighted by molar-refractivity contribution is 5.96. The second kappa shape index (κ2) is 13.1. The Labute approximate surface area is 183 Å². The molecular weight excluding hydrogens is 396 g/mol. The van der Waals surface area contributed by atoms with Crippen LogP contribution in [-0.4, -0.2) is 43.6 Å². The van der Waals surface area contributed by atoms with Gasteiger partial charge in [-0.25, -0.2) is 0 Å². The molecule has 2 amide bonds. The first-order valence-corrected chi connectivity index (χ1v) is 10.5. The standard InChI is InChI=1S/C24H30N2O5/c1-3-4-16-30-21-12-10-20(11-13-21)24(29)26-17-22(27)31-18(2)23(28)25-15-14-19-8-6-5-7-9-19/h5-13,18H,3-4,14-17H2,1-2H3,(H,25,28)(H,26,29). The van der Waals surface area contributed by atoms with Crippen molar-refractivity contribution in [2.75, 3.05) is 19.7 Å². The first-order valence-electron chi connectivity index (χ1n) is 10.5. The minimum atomic E-state index is -0.945. The number of esters is 1. The Balaban J connectivity index is 1.67. The van der Waals surface area contributed by atoms with E-state index in [-0.39, 0.29) is 12.5 Å². The Bertz CT molecular complexity index is 837. The van der Waals surface area contributed by atoms with Gasteiger partial charge in [-0.2, -0.15) is 0 Å². The molecule has 7 heteroatoms. The van der Waals surface area contributed by atoms with Crippen LogP contribution in [0.2, 0.25) is 0 Å². The first kappa shape index (κ1) is 23.9. The second-order valence-corrected chi connectivity index (χ2v) is 7.07. The average molecular weight is 427 g/mol. The Morgan fingerprint density at radius 3 is 2.35 bits per heavy atom. The average Bonchev–Trinajstić information content (AvgIpc) is 2.78. The molecule has 0 bridgehead atoms. The monoisotopic (exact) mass is 426 g/mol. The zero-order chi connectivity index (χ0) is 22.5. The molecule has 1 unspecified atom stereocenters. The number of benzene rings is 2. The summed E-state index contributed by atoms with van der Waals surface area (Å²) in [7, 11) is 0. The fraction of sp³-hybridized carbons (Fsp3) is 0.375. The number of nitrogens with one attached hydrogen (secondary N) is 2. The van der Waals surface area contributed by atoms with Gasteiger partial charge in [0.1, 0.15) is 12.3 Å². The summed E-state index contributed by atoms with van der Waals surface area (Å²) in [5.74, 6) is -0.776. The highest BCUT2D eigenvalue weighted by atomic mass is 16.5. The van der Waals surface area contributed by atoms with Crippen LogP contribution in [0.3, 0.4) is 0 Å². The smallest absolute Gasteiger partial charge is 0.326 e. The molecule has 2 N–H and O–H groups in total. The SMILES string of the molecule is CCCCOc1ccc(C(=O)NCC(=O)OC(C)C(=O)NCCc2ccccc2)cc1. The zero-order valence-electron chi connectivity index (χ0n) is 18.1. The second-order valence-electron chi connectivity index (χ2n) is 7.07. The van der Waals surface area contributed by atoms with Crippen LogP contribution < -0.4 is 15.4 Å². The molecule has 0 fully saturated rings. The van der Waals surface area contributed by atoms with Crippen molar-refractivity contribution in [1.82, 2.24) is 10.6 Å². The lowest BCUT2D eigenvalue weighted by atomic mass is 10.1. The number of hydrogen-bond donors (Lipinski definition) is 2. The third kappa shape index (κ3) is 8.90. The predicted molar refractivity (Wildman–Crippen MR) is 118 cm³/mol. The largest absolute Gasteiger partial charge is 0.494 e. The molecule has 0 aliphatic heterocycles. The molecular formula is C24H30N2O5. The third-order valence-corrected chi connectivity index (χ3v) is 4.51. The Kier molecular flexibility index (Phi) is 10.1. The van der Waals surface area contributed by atoms with Crippen molar-refractivity contribution in [3.8, 4) is 5.75 Å². The van der Waals surface area contributed by atoms with E-state index in [0.29, 0.717) is 30.9 Å². The normalized spacial score (nSPS) is 11.3. The van der Waals surface area contributed by atoms with Crippen LogP contribution in [0.5, 0.6) is 5.75 Å². The molecule has 2 aromatic rings. The summed E-state index contributed by atoms with van der Waals surface area (Å²) in [4.78, 5) is 36.2. The summed E-state index contributed by atoms with van der Waals surface area (Å²) in [5.41, 5.74) is 1.51. The van der Waals surface area contributed by atoms with Crippen LogP contribution in [0.15, 0.2) is 54.6 Å². The van der Waals surface area contributed by atoms with Gasteiger partial charge in [0.2, 0.25) is 0 Å². The molecule has 0 aromatic heterocycles. The van der Waals surface area contributed by atoms with Gasteiger partial charge in [0.05, 0.1) is 6.61 Å². The Hall–Kier alpha value is -3.35. The maximum Gasteiger partial charge on any atom is 0.326 e. The molecule has 31 heavy (non-hydrogen) atoms. The molecule has 0 aliphatic carbocycles. The van der Waals surface area contributed by atoms with Gasteiger partial charge in [0.25, 0.3) is 11.8 Å². The number of rotatable bonds is 12. The van der Waals surface area contributed by atoms with Gasteiger partial charge in [-0.05, 0) is 49.6 Å². The van der Waals surface area contributed by atoms with Gasteiger partial charge in [-0.1, -0.05) is 43.7 Å². The summed E-state index contributed by atoms with van der Waals surface area (Å²) < 4.78 is 10.6. The highest BCUT2D eigenvalue weighted by Crippen LogP contribution is 2.12. The lowest BCUT2D eigenvalue weighted by molar-refractivity contribution is -0.153. The Morgan fingerprint density at radius 2 is 1.68 bits per heavy atom. The van der Waals surface area contributed by atoms with E-state index in [1.54, 1.807) is 24.3 Å². The van der Waals surface area contributed by atoms with Gasteiger partial charge in [0, 0.05) is 12.1 Å². The van der Waals surface area contributed by atoms with E-state index in [0.717, 1.165) is 18.4 Å². The van der Waals surface area contributed by atoms with Crippen LogP contribution in [0.25, 0.3) is 0 Å². The van der Waals surface area contributed by atoms with E-state index in [1.165, 1.54) is 6.92 Å². The van der Waals surface area contributed by atoms with Crippen molar-refractivity contribution in [3.05, 3.63) is 65.7 Å². The van der Waals surface area contributed by atoms with Gasteiger partial charge in [0.15, 0.2) is 6.10 Å². The summed E-state index contributed by atoms with van der Waals surface area (Å²) in [6.07, 6.45) is 1.75. The zero-order valence-corrected chi connectivity index (χ0v) is 18.1. The minimum Gasteiger partial charge on any atom is -0.494 e. The molecule has 0 saturated heterocycles. The Morgan fingerprint density at radius 1 is 0.968 bits per heavy atom. The molecule has 0 saturated carbocycles. The van der Waals surface area contributed by atoms with E-state index in [9.17, 15) is 14.4 Å². The third-order valence-electron chi connectivity index (χ3n) is 4.51. The number of hydrogen-bond acceptors (Lipinski definition) is 5. The molecule has 1 atom stereocenters. The van der Waals surface area contributed by atoms with E-state index in [4.69, 9.17) is 9.47 Å². The maximum absolute atomic E-state index is 12.2. The number of ether oxygens (including phenoxy) is 2. The predicted octanol–water partition coefficient (Wildman–Crippen LogP) is 2.89. The lowest BCUT2D eigenvalue weighted by Crippen LogP contribution is -2.39. The maximum atomic E-state index is 12.2. The number of carbonyl (C=O) groups is 3. The van der Waals surface area contributed by atoms with Crippen LogP contribution >= 0.6 is 0 Å².